The lowest BCUT2D eigenvalue weighted by Gasteiger charge is -2.40. The molecule has 1 fully saturated rings. The maximum atomic E-state index is 12.2. The standard InChI is InChI=1S/C15H27NO3/c1-4-5-8-11(2)13(17)16-15(3)10-7-6-9-12(15)14(18)19/h11-12H,4-10H2,1-3H3,(H,16,17)(H,18,19). The Morgan fingerprint density at radius 3 is 2.68 bits per heavy atom. The Morgan fingerprint density at radius 2 is 2.11 bits per heavy atom. The molecule has 1 rings (SSSR count). The van der Waals surface area contributed by atoms with Crippen molar-refractivity contribution in [1.29, 1.82) is 0 Å². The molecule has 110 valence electrons. The van der Waals surface area contributed by atoms with E-state index in [1.807, 2.05) is 13.8 Å². The summed E-state index contributed by atoms with van der Waals surface area (Å²) < 4.78 is 0. The summed E-state index contributed by atoms with van der Waals surface area (Å²) in [6, 6.07) is 0. The second-order valence-corrected chi connectivity index (χ2v) is 6.09. The minimum absolute atomic E-state index is 0.00380. The van der Waals surface area contributed by atoms with Crippen LogP contribution in [0.25, 0.3) is 0 Å². The number of carbonyl (C=O) groups is 2. The third kappa shape index (κ3) is 4.22. The number of aliphatic carboxylic acids is 1. The normalized spacial score (nSPS) is 28.7. The van der Waals surface area contributed by atoms with Crippen molar-refractivity contribution >= 4 is 11.9 Å². The largest absolute Gasteiger partial charge is 0.481 e. The SMILES string of the molecule is CCCCC(C)C(=O)NC1(C)CCCCC1C(=O)O. The molecule has 1 aliphatic carbocycles. The Kier molecular flexibility index (Phi) is 5.83. The van der Waals surface area contributed by atoms with Gasteiger partial charge < -0.3 is 10.4 Å². The number of carboxylic acid groups (broad SMARTS) is 1. The topological polar surface area (TPSA) is 66.4 Å². The molecule has 0 spiro atoms. The molecule has 0 heterocycles. The lowest BCUT2D eigenvalue weighted by atomic mass is 9.73. The average Bonchev–Trinajstić information content (AvgIpc) is 2.35. The molecule has 2 N–H and O–H groups in total. The van der Waals surface area contributed by atoms with Gasteiger partial charge in [-0.25, -0.2) is 0 Å². The van der Waals surface area contributed by atoms with Crippen LogP contribution < -0.4 is 5.32 Å². The molecule has 0 aromatic heterocycles. The van der Waals surface area contributed by atoms with Crippen molar-refractivity contribution in [1.82, 2.24) is 5.32 Å². The van der Waals surface area contributed by atoms with E-state index in [2.05, 4.69) is 12.2 Å². The van der Waals surface area contributed by atoms with Crippen LogP contribution in [-0.4, -0.2) is 22.5 Å². The van der Waals surface area contributed by atoms with Crippen LogP contribution in [0, 0.1) is 11.8 Å². The second kappa shape index (κ2) is 6.92. The summed E-state index contributed by atoms with van der Waals surface area (Å²) >= 11 is 0. The van der Waals surface area contributed by atoms with Gasteiger partial charge >= 0.3 is 5.97 Å². The van der Waals surface area contributed by atoms with Crippen LogP contribution in [0.2, 0.25) is 0 Å². The van der Waals surface area contributed by atoms with E-state index in [-0.39, 0.29) is 11.8 Å². The zero-order valence-corrected chi connectivity index (χ0v) is 12.4. The number of carboxylic acids is 1. The van der Waals surface area contributed by atoms with E-state index in [9.17, 15) is 14.7 Å². The third-order valence-electron chi connectivity index (χ3n) is 4.35. The lowest BCUT2D eigenvalue weighted by molar-refractivity contribution is -0.147. The average molecular weight is 269 g/mol. The Bertz CT molecular complexity index is 329. The number of carbonyl (C=O) groups excluding carboxylic acids is 1. The van der Waals surface area contributed by atoms with E-state index in [0.29, 0.717) is 6.42 Å². The zero-order valence-electron chi connectivity index (χ0n) is 12.4. The Hall–Kier alpha value is -1.06. The van der Waals surface area contributed by atoms with E-state index in [1.165, 1.54) is 0 Å². The van der Waals surface area contributed by atoms with Crippen LogP contribution in [0.1, 0.15) is 65.7 Å². The highest BCUT2D eigenvalue weighted by molar-refractivity contribution is 5.81. The molecule has 3 unspecified atom stereocenters. The number of amides is 1. The monoisotopic (exact) mass is 269 g/mol. The molecule has 0 aromatic rings. The summed E-state index contributed by atoms with van der Waals surface area (Å²) in [5.74, 6) is -1.27. The van der Waals surface area contributed by atoms with Crippen molar-refractivity contribution in [3.63, 3.8) is 0 Å². The molecule has 4 nitrogen and oxygen atoms in total. The van der Waals surface area contributed by atoms with Crippen molar-refractivity contribution in [2.24, 2.45) is 11.8 Å². The Balaban J connectivity index is 2.65. The Morgan fingerprint density at radius 1 is 1.42 bits per heavy atom. The van der Waals surface area contributed by atoms with E-state index >= 15 is 0 Å². The molecule has 0 saturated heterocycles. The minimum atomic E-state index is -0.788. The van der Waals surface area contributed by atoms with Crippen LogP contribution in [0.5, 0.6) is 0 Å². The van der Waals surface area contributed by atoms with Gasteiger partial charge in [-0.05, 0) is 26.2 Å². The van der Waals surface area contributed by atoms with Gasteiger partial charge in [-0.3, -0.25) is 9.59 Å². The molecular weight excluding hydrogens is 242 g/mol. The van der Waals surface area contributed by atoms with Gasteiger partial charge in [-0.1, -0.05) is 39.5 Å². The second-order valence-electron chi connectivity index (χ2n) is 6.09. The van der Waals surface area contributed by atoms with Gasteiger partial charge in [0.15, 0.2) is 0 Å². The van der Waals surface area contributed by atoms with E-state index in [1.54, 1.807) is 0 Å². The molecular formula is C15H27NO3. The minimum Gasteiger partial charge on any atom is -0.481 e. The number of hydrogen-bond acceptors (Lipinski definition) is 2. The fraction of sp³-hybridized carbons (Fsp3) is 0.867. The highest BCUT2D eigenvalue weighted by Gasteiger charge is 2.42. The van der Waals surface area contributed by atoms with Crippen molar-refractivity contribution in [3.05, 3.63) is 0 Å². The van der Waals surface area contributed by atoms with Crippen LogP contribution in [-0.2, 0) is 9.59 Å². The molecule has 1 aliphatic rings. The van der Waals surface area contributed by atoms with Gasteiger partial charge in [0.05, 0.1) is 11.5 Å². The molecule has 1 saturated carbocycles. The van der Waals surface area contributed by atoms with Crippen LogP contribution in [0.4, 0.5) is 0 Å². The van der Waals surface area contributed by atoms with Crippen molar-refractivity contribution in [3.8, 4) is 0 Å². The smallest absolute Gasteiger partial charge is 0.308 e. The fourth-order valence-electron chi connectivity index (χ4n) is 2.93. The summed E-state index contributed by atoms with van der Waals surface area (Å²) in [6.07, 6.45) is 6.33. The van der Waals surface area contributed by atoms with Gasteiger partial charge in [0, 0.05) is 5.92 Å². The maximum Gasteiger partial charge on any atom is 0.308 e. The van der Waals surface area contributed by atoms with Gasteiger partial charge in [-0.2, -0.15) is 0 Å². The number of nitrogens with one attached hydrogen (secondary N) is 1. The van der Waals surface area contributed by atoms with Crippen LogP contribution in [0.3, 0.4) is 0 Å². The van der Waals surface area contributed by atoms with E-state index in [4.69, 9.17) is 0 Å². The van der Waals surface area contributed by atoms with Crippen LogP contribution >= 0.6 is 0 Å². The molecule has 19 heavy (non-hydrogen) atoms. The fourth-order valence-corrected chi connectivity index (χ4v) is 2.93. The molecule has 0 radical (unpaired) electrons. The first-order valence-electron chi connectivity index (χ1n) is 7.45. The molecule has 0 bridgehead atoms. The van der Waals surface area contributed by atoms with Crippen molar-refractivity contribution in [2.75, 3.05) is 0 Å². The summed E-state index contributed by atoms with van der Waals surface area (Å²) in [4.78, 5) is 23.5. The quantitative estimate of drug-likeness (QED) is 0.779. The maximum absolute atomic E-state index is 12.2. The number of hydrogen-bond donors (Lipinski definition) is 2. The van der Waals surface area contributed by atoms with Gasteiger partial charge in [0.25, 0.3) is 0 Å². The van der Waals surface area contributed by atoms with Crippen molar-refractivity contribution < 1.29 is 14.7 Å². The first-order chi connectivity index (χ1) is 8.90. The van der Waals surface area contributed by atoms with Gasteiger partial charge in [-0.15, -0.1) is 0 Å². The van der Waals surface area contributed by atoms with Gasteiger partial charge in [0.2, 0.25) is 5.91 Å². The predicted octanol–water partition coefficient (Wildman–Crippen LogP) is 2.96. The van der Waals surface area contributed by atoms with Crippen LogP contribution in [0.15, 0.2) is 0 Å². The molecule has 0 aliphatic heterocycles. The predicted molar refractivity (Wildman–Crippen MR) is 74.8 cm³/mol. The summed E-state index contributed by atoms with van der Waals surface area (Å²) in [5, 5.41) is 12.3. The molecule has 0 aromatic carbocycles. The zero-order chi connectivity index (χ0) is 14.5. The highest BCUT2D eigenvalue weighted by atomic mass is 16.4. The summed E-state index contributed by atoms with van der Waals surface area (Å²) in [6.45, 7) is 5.91. The van der Waals surface area contributed by atoms with Gasteiger partial charge in [0.1, 0.15) is 0 Å². The van der Waals surface area contributed by atoms with E-state index < -0.39 is 17.4 Å². The summed E-state index contributed by atoms with van der Waals surface area (Å²) in [5.41, 5.74) is -0.582. The van der Waals surface area contributed by atoms with Crippen molar-refractivity contribution in [2.45, 2.75) is 71.3 Å². The first-order valence-corrected chi connectivity index (χ1v) is 7.45. The molecule has 4 heteroatoms. The molecule has 1 amide bonds. The molecule has 3 atom stereocenters. The summed E-state index contributed by atoms with van der Waals surface area (Å²) in [7, 11) is 0. The lowest BCUT2D eigenvalue weighted by Crippen LogP contribution is -2.56. The van der Waals surface area contributed by atoms with E-state index in [0.717, 1.165) is 38.5 Å². The third-order valence-corrected chi connectivity index (χ3v) is 4.35. The number of rotatable bonds is 6. The number of unbranched alkanes of at least 4 members (excludes halogenated alkanes) is 1. The first kappa shape index (κ1) is 16.0. The Labute approximate surface area is 116 Å². The highest BCUT2D eigenvalue weighted by Crippen LogP contribution is 2.34.